The van der Waals surface area contributed by atoms with Gasteiger partial charge in [-0.25, -0.2) is 9.97 Å². The van der Waals surface area contributed by atoms with Crippen molar-refractivity contribution in [3.8, 4) is 6.07 Å². The van der Waals surface area contributed by atoms with Gasteiger partial charge in [-0.2, -0.15) is 5.26 Å². The molecule has 0 saturated heterocycles. The standard InChI is InChI=1S/C14H14N6/c1-20(10-3-2-5-16-8-10)14-11-9-17-6-4-12(11)18-13(7-15)19-14/h2-3,5,8,17H,4,6,9H2,1H3. The maximum absolute atomic E-state index is 9.09. The summed E-state index contributed by atoms with van der Waals surface area (Å²) >= 11 is 0. The van der Waals surface area contributed by atoms with Crippen molar-refractivity contribution >= 4 is 11.5 Å². The van der Waals surface area contributed by atoms with Crippen LogP contribution in [0.5, 0.6) is 0 Å². The predicted molar refractivity (Wildman–Crippen MR) is 74.5 cm³/mol. The fourth-order valence-corrected chi connectivity index (χ4v) is 2.33. The first kappa shape index (κ1) is 12.5. The largest absolute Gasteiger partial charge is 0.328 e. The summed E-state index contributed by atoms with van der Waals surface area (Å²) in [6.45, 7) is 1.60. The van der Waals surface area contributed by atoms with Gasteiger partial charge in [0.1, 0.15) is 11.9 Å². The smallest absolute Gasteiger partial charge is 0.234 e. The third-order valence-electron chi connectivity index (χ3n) is 3.36. The van der Waals surface area contributed by atoms with Gasteiger partial charge in [0.15, 0.2) is 0 Å². The van der Waals surface area contributed by atoms with Crippen molar-refractivity contribution in [2.75, 3.05) is 18.5 Å². The van der Waals surface area contributed by atoms with Crippen LogP contribution in [-0.4, -0.2) is 28.5 Å². The number of hydrogen-bond donors (Lipinski definition) is 1. The van der Waals surface area contributed by atoms with Crippen LogP contribution in [0.4, 0.5) is 11.5 Å². The molecule has 2 aromatic rings. The number of nitrogens with one attached hydrogen (secondary N) is 1. The maximum Gasteiger partial charge on any atom is 0.234 e. The van der Waals surface area contributed by atoms with Crippen molar-refractivity contribution in [2.45, 2.75) is 13.0 Å². The van der Waals surface area contributed by atoms with E-state index in [4.69, 9.17) is 5.26 Å². The molecule has 20 heavy (non-hydrogen) atoms. The van der Waals surface area contributed by atoms with Crippen LogP contribution in [0, 0.1) is 11.3 Å². The number of rotatable bonds is 2. The number of nitriles is 1. The lowest BCUT2D eigenvalue weighted by Crippen LogP contribution is -2.28. The normalized spacial score (nSPS) is 13.4. The fourth-order valence-electron chi connectivity index (χ4n) is 2.33. The van der Waals surface area contributed by atoms with Crippen molar-refractivity contribution in [3.63, 3.8) is 0 Å². The minimum Gasteiger partial charge on any atom is -0.328 e. The molecule has 0 radical (unpaired) electrons. The number of nitrogens with zero attached hydrogens (tertiary/aromatic N) is 5. The summed E-state index contributed by atoms with van der Waals surface area (Å²) in [6.07, 6.45) is 4.33. The Bertz CT molecular complexity index is 661. The minimum absolute atomic E-state index is 0.219. The van der Waals surface area contributed by atoms with E-state index in [0.717, 1.165) is 42.3 Å². The second kappa shape index (κ2) is 5.23. The number of anilines is 2. The van der Waals surface area contributed by atoms with E-state index < -0.39 is 0 Å². The number of aromatic nitrogens is 3. The van der Waals surface area contributed by atoms with E-state index >= 15 is 0 Å². The van der Waals surface area contributed by atoms with Crippen molar-refractivity contribution in [2.24, 2.45) is 0 Å². The van der Waals surface area contributed by atoms with Crippen molar-refractivity contribution < 1.29 is 0 Å². The molecule has 0 fully saturated rings. The zero-order chi connectivity index (χ0) is 13.9. The van der Waals surface area contributed by atoms with E-state index in [9.17, 15) is 0 Å². The third-order valence-corrected chi connectivity index (χ3v) is 3.36. The van der Waals surface area contributed by atoms with E-state index in [1.54, 1.807) is 12.4 Å². The molecule has 0 aromatic carbocycles. The SMILES string of the molecule is CN(c1cccnc1)c1nc(C#N)nc2c1CNCC2. The van der Waals surface area contributed by atoms with Gasteiger partial charge in [0.05, 0.1) is 17.6 Å². The molecule has 6 nitrogen and oxygen atoms in total. The summed E-state index contributed by atoms with van der Waals surface area (Å²) in [4.78, 5) is 14.7. The number of fused-ring (bicyclic) bond motifs is 1. The molecular formula is C14H14N6. The Balaban J connectivity index is 2.10. The summed E-state index contributed by atoms with van der Waals surface area (Å²) < 4.78 is 0. The van der Waals surface area contributed by atoms with E-state index in [1.807, 2.05) is 30.1 Å². The van der Waals surface area contributed by atoms with Crippen LogP contribution in [-0.2, 0) is 13.0 Å². The van der Waals surface area contributed by atoms with Gasteiger partial charge in [-0.05, 0) is 12.1 Å². The molecule has 6 heteroatoms. The molecule has 1 aliphatic heterocycles. The highest BCUT2D eigenvalue weighted by Crippen LogP contribution is 2.27. The topological polar surface area (TPSA) is 77.7 Å². The summed E-state index contributed by atoms with van der Waals surface area (Å²) in [7, 11) is 1.93. The molecule has 1 aliphatic rings. The molecule has 3 heterocycles. The zero-order valence-corrected chi connectivity index (χ0v) is 11.2. The fraction of sp³-hybridized carbons (Fsp3) is 0.286. The summed E-state index contributed by atoms with van der Waals surface area (Å²) in [6, 6.07) is 5.88. The highest BCUT2D eigenvalue weighted by molar-refractivity contribution is 5.62. The van der Waals surface area contributed by atoms with Crippen LogP contribution < -0.4 is 10.2 Å². The quantitative estimate of drug-likeness (QED) is 0.878. The lowest BCUT2D eigenvalue weighted by Gasteiger charge is -2.25. The van der Waals surface area contributed by atoms with Crippen LogP contribution in [0.25, 0.3) is 0 Å². The Morgan fingerprint density at radius 2 is 2.30 bits per heavy atom. The van der Waals surface area contributed by atoms with Crippen molar-refractivity contribution in [3.05, 3.63) is 41.6 Å². The molecule has 0 saturated carbocycles. The molecule has 3 rings (SSSR count). The molecule has 0 aliphatic carbocycles. The second-order valence-electron chi connectivity index (χ2n) is 4.60. The highest BCUT2D eigenvalue weighted by Gasteiger charge is 2.20. The minimum atomic E-state index is 0.219. The lowest BCUT2D eigenvalue weighted by atomic mass is 10.1. The summed E-state index contributed by atoms with van der Waals surface area (Å²) in [5, 5.41) is 12.4. The Hall–Kier alpha value is -2.52. The highest BCUT2D eigenvalue weighted by atomic mass is 15.2. The van der Waals surface area contributed by atoms with E-state index in [-0.39, 0.29) is 5.82 Å². The third kappa shape index (κ3) is 2.19. The molecule has 100 valence electrons. The van der Waals surface area contributed by atoms with Crippen LogP contribution in [0.2, 0.25) is 0 Å². The second-order valence-corrected chi connectivity index (χ2v) is 4.60. The molecule has 0 amide bonds. The predicted octanol–water partition coefficient (Wildman–Crippen LogP) is 1.16. The van der Waals surface area contributed by atoms with Crippen molar-refractivity contribution in [1.29, 1.82) is 5.26 Å². The van der Waals surface area contributed by atoms with Gasteiger partial charge in [0, 0.05) is 38.3 Å². The van der Waals surface area contributed by atoms with Gasteiger partial charge in [-0.15, -0.1) is 0 Å². The Morgan fingerprint density at radius 3 is 3.05 bits per heavy atom. The lowest BCUT2D eigenvalue weighted by molar-refractivity contribution is 0.624. The Labute approximate surface area is 117 Å². The van der Waals surface area contributed by atoms with Gasteiger partial charge >= 0.3 is 0 Å². The van der Waals surface area contributed by atoms with Crippen LogP contribution in [0.1, 0.15) is 17.1 Å². The summed E-state index contributed by atoms with van der Waals surface area (Å²) in [5.41, 5.74) is 2.95. The first-order valence-electron chi connectivity index (χ1n) is 6.44. The average Bonchev–Trinajstić information content (AvgIpc) is 2.54. The Kier molecular flexibility index (Phi) is 3.27. The van der Waals surface area contributed by atoms with E-state index in [1.165, 1.54) is 0 Å². The molecule has 0 bridgehead atoms. The number of hydrogen-bond acceptors (Lipinski definition) is 6. The van der Waals surface area contributed by atoms with Gasteiger partial charge in [0.25, 0.3) is 0 Å². The van der Waals surface area contributed by atoms with Crippen LogP contribution >= 0.6 is 0 Å². The monoisotopic (exact) mass is 266 g/mol. The van der Waals surface area contributed by atoms with Crippen molar-refractivity contribution in [1.82, 2.24) is 20.3 Å². The number of pyridine rings is 1. The molecule has 0 unspecified atom stereocenters. The van der Waals surface area contributed by atoms with Gasteiger partial charge in [-0.3, -0.25) is 4.98 Å². The van der Waals surface area contributed by atoms with E-state index in [0.29, 0.717) is 0 Å². The molecule has 0 spiro atoms. The van der Waals surface area contributed by atoms with Crippen LogP contribution in [0.3, 0.4) is 0 Å². The maximum atomic E-state index is 9.09. The molecule has 1 N–H and O–H groups in total. The van der Waals surface area contributed by atoms with Gasteiger partial charge in [-0.1, -0.05) is 0 Å². The first-order chi connectivity index (χ1) is 9.79. The van der Waals surface area contributed by atoms with Gasteiger partial charge in [0.2, 0.25) is 5.82 Å². The van der Waals surface area contributed by atoms with E-state index in [2.05, 4.69) is 20.3 Å². The average molecular weight is 266 g/mol. The van der Waals surface area contributed by atoms with Crippen LogP contribution in [0.15, 0.2) is 24.5 Å². The molecule has 2 aromatic heterocycles. The Morgan fingerprint density at radius 1 is 1.40 bits per heavy atom. The molecular weight excluding hydrogens is 252 g/mol. The summed E-state index contributed by atoms with van der Waals surface area (Å²) in [5.74, 6) is 0.989. The zero-order valence-electron chi connectivity index (χ0n) is 11.2. The first-order valence-corrected chi connectivity index (χ1v) is 6.44. The molecule has 0 atom stereocenters. The van der Waals surface area contributed by atoms with Gasteiger partial charge < -0.3 is 10.2 Å².